The lowest BCUT2D eigenvalue weighted by Gasteiger charge is -2.39. The third kappa shape index (κ3) is 5.70. The molecule has 18 heteroatoms. The highest BCUT2D eigenvalue weighted by Crippen LogP contribution is 2.60. The summed E-state index contributed by atoms with van der Waals surface area (Å²) in [7, 11) is -1.50. The highest BCUT2D eigenvalue weighted by molar-refractivity contribution is 9.08. The zero-order chi connectivity index (χ0) is 27.8. The fraction of sp³-hybridized carbons (Fsp3) is 0.667. The molecule has 0 aromatic heterocycles. The van der Waals surface area contributed by atoms with Crippen molar-refractivity contribution in [2.45, 2.75) is 65.7 Å². The van der Waals surface area contributed by atoms with E-state index in [0.29, 0.717) is 10.8 Å². The molecule has 1 aliphatic rings. The summed E-state index contributed by atoms with van der Waals surface area (Å²) in [6.45, 7) is -0.0404. The Hall–Kier alpha value is -1.01. The second kappa shape index (κ2) is 10.6. The number of alkyl halides is 14. The van der Waals surface area contributed by atoms with E-state index in [1.807, 2.05) is 0 Å². The first-order valence-corrected chi connectivity index (χ1v) is 12.3. The highest BCUT2D eigenvalue weighted by Gasteiger charge is 2.90. The van der Waals surface area contributed by atoms with Crippen LogP contribution in [0.4, 0.5) is 57.1 Å². The van der Waals surface area contributed by atoms with Crippen molar-refractivity contribution >= 4 is 38.0 Å². The Bertz CT molecular complexity index is 883. The summed E-state index contributed by atoms with van der Waals surface area (Å²) in [6, 6.07) is 5.84. The van der Waals surface area contributed by atoms with Crippen molar-refractivity contribution in [1.29, 1.82) is 0 Å². The second-order valence-corrected chi connectivity index (χ2v) is 9.72. The predicted molar refractivity (Wildman–Crippen MR) is 106 cm³/mol. The van der Waals surface area contributed by atoms with Crippen LogP contribution in [-0.4, -0.2) is 65.1 Å². The average Bonchev–Trinajstić information content (AvgIpc) is 3.24. The van der Waals surface area contributed by atoms with Gasteiger partial charge in [0.1, 0.15) is 0 Å². The Kier molecular flexibility index (Phi) is 9.22. The largest absolute Gasteiger partial charge is 0.494 e. The van der Waals surface area contributed by atoms with Gasteiger partial charge in [-0.3, -0.25) is 0 Å². The standard InChI is InChI=1S/C18H15BBrF13O2Si/c20-7-10-1-3-11(4-2-10)19-34-8-12(35-19)9-36-6-5-13(21,22)14(23,24)15(25,26)16(27,28)17(29,30)18(31,32)33/h1-4,12H,5-9H2. The summed E-state index contributed by atoms with van der Waals surface area (Å²) < 4.78 is 181. The molecule has 2 radical (unpaired) electrons. The van der Waals surface area contributed by atoms with Crippen LogP contribution in [0.25, 0.3) is 0 Å². The number of rotatable bonds is 11. The molecule has 0 saturated carbocycles. The molecule has 1 atom stereocenters. The van der Waals surface area contributed by atoms with Gasteiger partial charge in [0.15, 0.2) is 0 Å². The summed E-state index contributed by atoms with van der Waals surface area (Å²) in [5.41, 5.74) is 1.55. The average molecular weight is 629 g/mol. The predicted octanol–water partition coefficient (Wildman–Crippen LogP) is 6.36. The second-order valence-electron chi connectivity index (χ2n) is 7.75. The fourth-order valence-corrected chi connectivity index (χ4v) is 4.57. The molecule has 0 bridgehead atoms. The first-order chi connectivity index (χ1) is 16.2. The lowest BCUT2D eigenvalue weighted by atomic mass is 9.79. The Morgan fingerprint density at radius 2 is 1.33 bits per heavy atom. The van der Waals surface area contributed by atoms with Crippen molar-refractivity contribution in [3.63, 3.8) is 0 Å². The fourth-order valence-electron chi connectivity index (χ4n) is 2.96. The maximum Gasteiger partial charge on any atom is 0.494 e. The minimum Gasteiger partial charge on any atom is -0.405 e. The van der Waals surface area contributed by atoms with E-state index in [-0.39, 0.29) is 12.7 Å². The van der Waals surface area contributed by atoms with Crippen LogP contribution in [0.3, 0.4) is 0 Å². The van der Waals surface area contributed by atoms with Gasteiger partial charge in [-0.15, -0.1) is 0 Å². The van der Waals surface area contributed by atoms with Gasteiger partial charge in [0, 0.05) is 21.3 Å². The summed E-state index contributed by atoms with van der Waals surface area (Å²) >= 11 is 3.25. The van der Waals surface area contributed by atoms with Crippen molar-refractivity contribution in [3.8, 4) is 0 Å². The van der Waals surface area contributed by atoms with E-state index in [9.17, 15) is 57.1 Å². The Morgan fingerprint density at radius 3 is 1.83 bits per heavy atom. The molecule has 1 aromatic carbocycles. The molecule has 0 N–H and O–H groups in total. The van der Waals surface area contributed by atoms with Crippen LogP contribution in [-0.2, 0) is 14.6 Å². The number of hydrogen-bond donors (Lipinski definition) is 0. The summed E-state index contributed by atoms with van der Waals surface area (Å²) in [4.78, 5) is 0. The van der Waals surface area contributed by atoms with Gasteiger partial charge in [0.25, 0.3) is 0 Å². The first-order valence-electron chi connectivity index (χ1n) is 9.81. The van der Waals surface area contributed by atoms with Gasteiger partial charge >= 0.3 is 42.9 Å². The summed E-state index contributed by atoms with van der Waals surface area (Å²) in [5.74, 6) is -36.6. The molecule has 0 spiro atoms. The van der Waals surface area contributed by atoms with E-state index in [0.717, 1.165) is 5.56 Å². The van der Waals surface area contributed by atoms with Crippen molar-refractivity contribution < 1.29 is 66.4 Å². The van der Waals surface area contributed by atoms with Crippen molar-refractivity contribution in [2.75, 3.05) is 6.61 Å². The van der Waals surface area contributed by atoms with Gasteiger partial charge in [-0.2, -0.15) is 57.1 Å². The van der Waals surface area contributed by atoms with Crippen LogP contribution in [0.1, 0.15) is 12.0 Å². The van der Waals surface area contributed by atoms with Gasteiger partial charge in [-0.05, 0) is 17.1 Å². The summed E-state index contributed by atoms with van der Waals surface area (Å²) in [5, 5.41) is 0.585. The Balaban J connectivity index is 1.97. The zero-order valence-corrected chi connectivity index (χ0v) is 20.2. The molecule has 1 saturated heterocycles. The van der Waals surface area contributed by atoms with E-state index in [1.165, 1.54) is 0 Å². The molecule has 2 nitrogen and oxygen atoms in total. The Labute approximate surface area is 207 Å². The van der Waals surface area contributed by atoms with Gasteiger partial charge in [-0.25, -0.2) is 0 Å². The topological polar surface area (TPSA) is 18.5 Å². The molecule has 1 fully saturated rings. The van der Waals surface area contributed by atoms with Crippen LogP contribution in [0.5, 0.6) is 0 Å². The highest BCUT2D eigenvalue weighted by atomic mass is 79.9. The van der Waals surface area contributed by atoms with E-state index < -0.39 is 71.0 Å². The molecule has 1 heterocycles. The van der Waals surface area contributed by atoms with Crippen molar-refractivity contribution in [1.82, 2.24) is 0 Å². The van der Waals surface area contributed by atoms with Crippen molar-refractivity contribution in [2.24, 2.45) is 0 Å². The van der Waals surface area contributed by atoms with Crippen LogP contribution >= 0.6 is 15.9 Å². The molecule has 0 aliphatic carbocycles. The van der Waals surface area contributed by atoms with Gasteiger partial charge in [0.2, 0.25) is 0 Å². The first kappa shape index (κ1) is 31.2. The Morgan fingerprint density at radius 1 is 0.806 bits per heavy atom. The van der Waals surface area contributed by atoms with Crippen molar-refractivity contribution in [3.05, 3.63) is 29.8 Å². The molecule has 1 unspecified atom stereocenters. The van der Waals surface area contributed by atoms with E-state index >= 15 is 0 Å². The van der Waals surface area contributed by atoms with Crippen LogP contribution in [0.15, 0.2) is 24.3 Å². The number of halogens is 14. The quantitative estimate of drug-likeness (QED) is 0.123. The van der Waals surface area contributed by atoms with Crippen LogP contribution in [0.2, 0.25) is 12.1 Å². The minimum absolute atomic E-state index is 0.0404. The summed E-state index contributed by atoms with van der Waals surface area (Å²) in [6.07, 6.45) is -10.3. The number of hydrogen-bond acceptors (Lipinski definition) is 2. The lowest BCUT2D eigenvalue weighted by molar-refractivity contribution is -0.439. The molecule has 2 rings (SSSR count). The lowest BCUT2D eigenvalue weighted by Crippen LogP contribution is -2.70. The molecule has 36 heavy (non-hydrogen) atoms. The number of benzene rings is 1. The maximum absolute atomic E-state index is 13.8. The van der Waals surface area contributed by atoms with Gasteiger partial charge in [-0.1, -0.05) is 46.2 Å². The molecule has 204 valence electrons. The van der Waals surface area contributed by atoms with Crippen LogP contribution in [0, 0.1) is 0 Å². The zero-order valence-electron chi connectivity index (χ0n) is 17.6. The molecular formula is C18H15BBrF13O2Si. The third-order valence-corrected chi connectivity index (χ3v) is 7.14. The third-order valence-electron chi connectivity index (χ3n) is 5.14. The van der Waals surface area contributed by atoms with Crippen LogP contribution < -0.4 is 5.46 Å². The van der Waals surface area contributed by atoms with Gasteiger partial charge < -0.3 is 9.31 Å². The normalized spacial score (nSPS) is 18.7. The minimum atomic E-state index is -7.87. The van der Waals surface area contributed by atoms with E-state index in [2.05, 4.69) is 15.9 Å². The van der Waals surface area contributed by atoms with Gasteiger partial charge in [0.05, 0.1) is 12.7 Å². The molecule has 1 aromatic rings. The van der Waals surface area contributed by atoms with E-state index in [4.69, 9.17) is 9.31 Å². The SMILES string of the molecule is FC(F)(F)C(F)(F)C(F)(F)C(F)(F)C(F)(F)C(F)(F)CC[Si]CC1COB(c2ccc(CBr)cc2)O1. The maximum atomic E-state index is 13.8. The molecular weight excluding hydrogens is 614 g/mol. The molecule has 0 amide bonds. The smallest absolute Gasteiger partial charge is 0.405 e. The van der Waals surface area contributed by atoms with E-state index in [1.54, 1.807) is 24.3 Å². The monoisotopic (exact) mass is 628 g/mol. The molecule has 1 aliphatic heterocycles.